The number of hydrogen-bond acceptors (Lipinski definition) is 2. The third-order valence-corrected chi connectivity index (χ3v) is 4.23. The van der Waals surface area contributed by atoms with Gasteiger partial charge in [-0.1, -0.05) is 29.3 Å². The van der Waals surface area contributed by atoms with E-state index in [0.717, 1.165) is 12.8 Å². The fourth-order valence-corrected chi connectivity index (χ4v) is 2.64. The minimum atomic E-state index is -0.277. The van der Waals surface area contributed by atoms with Crippen molar-refractivity contribution in [3.63, 3.8) is 0 Å². The van der Waals surface area contributed by atoms with Crippen molar-refractivity contribution >= 4 is 40.7 Å². The maximum Gasteiger partial charge on any atom is 0.228 e. The van der Waals surface area contributed by atoms with E-state index in [-0.39, 0.29) is 23.7 Å². The van der Waals surface area contributed by atoms with Gasteiger partial charge in [0.25, 0.3) is 0 Å². The number of nitrogens with one attached hydrogen (secondary N) is 2. The molecule has 2 atom stereocenters. The number of hydrogen-bond donors (Lipinski definition) is 2. The van der Waals surface area contributed by atoms with Gasteiger partial charge >= 0.3 is 0 Å². The molecule has 6 heteroatoms. The summed E-state index contributed by atoms with van der Waals surface area (Å²) in [7, 11) is 0. The topological polar surface area (TPSA) is 58.2 Å². The molecule has 0 radical (unpaired) electrons. The predicted octanol–water partition coefficient (Wildman–Crippen LogP) is 2.85. The van der Waals surface area contributed by atoms with Gasteiger partial charge in [-0.2, -0.15) is 0 Å². The number of anilines is 1. The van der Waals surface area contributed by atoms with Crippen LogP contribution in [0.4, 0.5) is 5.69 Å². The van der Waals surface area contributed by atoms with Gasteiger partial charge in [0.15, 0.2) is 0 Å². The Morgan fingerprint density at radius 3 is 2.25 bits per heavy atom. The number of carbonyl (C=O) groups is 2. The van der Waals surface area contributed by atoms with Crippen LogP contribution in [0.25, 0.3) is 0 Å². The van der Waals surface area contributed by atoms with Gasteiger partial charge in [-0.15, -0.1) is 0 Å². The molecular formula is C14H14Cl2N2O2. The van der Waals surface area contributed by atoms with Gasteiger partial charge in [-0.05, 0) is 31.4 Å². The van der Waals surface area contributed by atoms with Crippen molar-refractivity contribution in [2.45, 2.75) is 25.3 Å². The first-order valence-corrected chi connectivity index (χ1v) is 7.37. The Morgan fingerprint density at radius 2 is 1.65 bits per heavy atom. The second-order valence-corrected chi connectivity index (χ2v) is 6.13. The van der Waals surface area contributed by atoms with Crippen molar-refractivity contribution in [2.24, 2.45) is 11.8 Å². The largest absolute Gasteiger partial charge is 0.353 e. The van der Waals surface area contributed by atoms with E-state index in [1.165, 1.54) is 0 Å². The van der Waals surface area contributed by atoms with E-state index < -0.39 is 0 Å². The Balaban J connectivity index is 1.59. The van der Waals surface area contributed by atoms with Gasteiger partial charge in [-0.3, -0.25) is 9.59 Å². The molecule has 0 aliphatic heterocycles. The zero-order valence-electron chi connectivity index (χ0n) is 10.7. The number of carbonyl (C=O) groups excluding carboxylic acids is 2. The summed E-state index contributed by atoms with van der Waals surface area (Å²) >= 11 is 12.0. The Hall–Kier alpha value is -1.26. The summed E-state index contributed by atoms with van der Waals surface area (Å²) in [6.45, 7) is 0. The highest BCUT2D eigenvalue weighted by Crippen LogP contribution is 2.41. The first-order chi connectivity index (χ1) is 9.56. The molecule has 0 saturated heterocycles. The summed E-state index contributed by atoms with van der Waals surface area (Å²) in [5.74, 6) is -0.702. The summed E-state index contributed by atoms with van der Waals surface area (Å²) < 4.78 is 0. The van der Waals surface area contributed by atoms with Crippen molar-refractivity contribution in [3.05, 3.63) is 28.2 Å². The summed E-state index contributed by atoms with van der Waals surface area (Å²) in [4.78, 5) is 23.9. The predicted molar refractivity (Wildman–Crippen MR) is 77.9 cm³/mol. The molecule has 2 unspecified atom stereocenters. The minimum Gasteiger partial charge on any atom is -0.353 e. The molecule has 0 aromatic heterocycles. The quantitative estimate of drug-likeness (QED) is 0.898. The van der Waals surface area contributed by atoms with Crippen LogP contribution in [0, 0.1) is 11.8 Å². The lowest BCUT2D eigenvalue weighted by Crippen LogP contribution is -2.29. The summed E-state index contributed by atoms with van der Waals surface area (Å²) in [5, 5.41) is 6.42. The second-order valence-electron chi connectivity index (χ2n) is 5.32. The van der Waals surface area contributed by atoms with Gasteiger partial charge < -0.3 is 10.6 Å². The number of amides is 2. The summed E-state index contributed by atoms with van der Waals surface area (Å²) in [6, 6.07) is 5.36. The lowest BCUT2D eigenvalue weighted by Gasteiger charge is -2.09. The summed E-state index contributed by atoms with van der Waals surface area (Å²) in [6.07, 6.45) is 2.68. The van der Waals surface area contributed by atoms with Crippen molar-refractivity contribution in [3.8, 4) is 0 Å². The van der Waals surface area contributed by atoms with Gasteiger partial charge in [0.05, 0.1) is 27.6 Å². The Labute approximate surface area is 126 Å². The van der Waals surface area contributed by atoms with Crippen molar-refractivity contribution in [2.75, 3.05) is 5.32 Å². The highest BCUT2D eigenvalue weighted by atomic mass is 35.5. The van der Waals surface area contributed by atoms with E-state index in [0.29, 0.717) is 28.2 Å². The monoisotopic (exact) mass is 312 g/mol. The maximum atomic E-state index is 12.1. The Kier molecular flexibility index (Phi) is 3.61. The van der Waals surface area contributed by atoms with Crippen LogP contribution in [0.5, 0.6) is 0 Å². The third-order valence-electron chi connectivity index (χ3n) is 3.60. The highest BCUT2D eigenvalue weighted by molar-refractivity contribution is 6.39. The van der Waals surface area contributed by atoms with Crippen LogP contribution in [-0.2, 0) is 9.59 Å². The molecule has 2 fully saturated rings. The zero-order chi connectivity index (χ0) is 14.3. The smallest absolute Gasteiger partial charge is 0.228 e. The van der Waals surface area contributed by atoms with Crippen molar-refractivity contribution in [1.29, 1.82) is 0 Å². The van der Waals surface area contributed by atoms with Crippen LogP contribution in [-0.4, -0.2) is 17.9 Å². The van der Waals surface area contributed by atoms with Gasteiger partial charge in [-0.25, -0.2) is 0 Å². The number of para-hydroxylation sites is 1. The molecule has 0 spiro atoms. The molecule has 3 rings (SSSR count). The van der Waals surface area contributed by atoms with E-state index in [9.17, 15) is 9.59 Å². The molecule has 106 valence electrons. The molecular weight excluding hydrogens is 299 g/mol. The van der Waals surface area contributed by atoms with E-state index in [2.05, 4.69) is 10.6 Å². The lowest BCUT2D eigenvalue weighted by atomic mass is 10.2. The highest BCUT2D eigenvalue weighted by Gasteiger charge is 2.49. The standard InChI is InChI=1S/C14H14Cl2N2O2/c15-10-2-1-3-11(16)12(10)18-14(20)9-6-8(9)13(19)17-7-4-5-7/h1-3,7-9H,4-6H2,(H,17,19)(H,18,20). The molecule has 2 aliphatic carbocycles. The molecule has 2 N–H and O–H groups in total. The normalized spacial score (nSPS) is 24.1. The first-order valence-electron chi connectivity index (χ1n) is 6.61. The van der Waals surface area contributed by atoms with Gasteiger partial charge in [0.2, 0.25) is 11.8 Å². The van der Waals surface area contributed by atoms with Crippen molar-refractivity contribution < 1.29 is 9.59 Å². The van der Waals surface area contributed by atoms with Crippen molar-refractivity contribution in [1.82, 2.24) is 5.32 Å². The minimum absolute atomic E-state index is 0.0158. The fraction of sp³-hybridized carbons (Fsp3) is 0.429. The SMILES string of the molecule is O=C(Nc1c(Cl)cccc1Cl)C1CC1C(=O)NC1CC1. The Morgan fingerprint density at radius 1 is 1.05 bits per heavy atom. The second kappa shape index (κ2) is 5.26. The maximum absolute atomic E-state index is 12.1. The van der Waals surface area contributed by atoms with Crippen LogP contribution < -0.4 is 10.6 Å². The van der Waals surface area contributed by atoms with E-state index in [1.54, 1.807) is 18.2 Å². The molecule has 0 bridgehead atoms. The van der Waals surface area contributed by atoms with E-state index in [1.807, 2.05) is 0 Å². The molecule has 20 heavy (non-hydrogen) atoms. The molecule has 2 aliphatic rings. The Bertz CT molecular complexity index is 552. The molecule has 1 aromatic rings. The third kappa shape index (κ3) is 2.91. The molecule has 1 aromatic carbocycles. The molecule has 0 heterocycles. The zero-order valence-corrected chi connectivity index (χ0v) is 12.2. The van der Waals surface area contributed by atoms with E-state index >= 15 is 0 Å². The van der Waals surface area contributed by atoms with E-state index in [4.69, 9.17) is 23.2 Å². The van der Waals surface area contributed by atoms with Crippen LogP contribution >= 0.6 is 23.2 Å². The average Bonchev–Trinajstić information content (AvgIpc) is 3.25. The van der Waals surface area contributed by atoms with Crippen LogP contribution in [0.15, 0.2) is 18.2 Å². The van der Waals surface area contributed by atoms with Gasteiger partial charge in [0.1, 0.15) is 0 Å². The van der Waals surface area contributed by atoms with Crippen LogP contribution in [0.3, 0.4) is 0 Å². The molecule has 2 saturated carbocycles. The summed E-state index contributed by atoms with van der Waals surface area (Å²) in [5.41, 5.74) is 0.411. The molecule has 4 nitrogen and oxygen atoms in total. The number of benzene rings is 1. The lowest BCUT2D eigenvalue weighted by molar-refractivity contribution is -0.125. The first kappa shape index (κ1) is 13.7. The molecule has 2 amide bonds. The van der Waals surface area contributed by atoms with Crippen LogP contribution in [0.2, 0.25) is 10.0 Å². The number of halogens is 2. The fourth-order valence-electron chi connectivity index (χ4n) is 2.14. The average molecular weight is 313 g/mol. The van der Waals surface area contributed by atoms with Crippen LogP contribution in [0.1, 0.15) is 19.3 Å². The number of rotatable bonds is 4. The van der Waals surface area contributed by atoms with Gasteiger partial charge in [0, 0.05) is 6.04 Å².